The van der Waals surface area contributed by atoms with Gasteiger partial charge in [-0.3, -0.25) is 0 Å². The third-order valence-electron chi connectivity index (χ3n) is 3.84. The molecular weight excluding hydrogens is 270 g/mol. The molecule has 0 spiro atoms. The molecule has 2 heterocycles. The van der Waals surface area contributed by atoms with Gasteiger partial charge < -0.3 is 14.4 Å². The van der Waals surface area contributed by atoms with Crippen LogP contribution < -0.4 is 4.74 Å². The monoisotopic (exact) mass is 289 g/mol. The Kier molecular flexibility index (Phi) is 4.15. The van der Waals surface area contributed by atoms with Crippen LogP contribution >= 0.6 is 0 Å². The van der Waals surface area contributed by atoms with E-state index in [1.54, 1.807) is 19.3 Å². The smallest absolute Gasteiger partial charge is 0.232 e. The summed E-state index contributed by atoms with van der Waals surface area (Å²) in [5.74, 6) is 0.999. The molecule has 6 heteroatoms. The van der Waals surface area contributed by atoms with Gasteiger partial charge in [0, 0.05) is 5.56 Å². The summed E-state index contributed by atoms with van der Waals surface area (Å²) in [6.07, 6.45) is 9.33. The van der Waals surface area contributed by atoms with Gasteiger partial charge in [0.2, 0.25) is 5.88 Å². The number of nitrogens with zero attached hydrogens (tertiary/aromatic N) is 3. The molecule has 1 aliphatic rings. The van der Waals surface area contributed by atoms with E-state index in [9.17, 15) is 5.11 Å². The van der Waals surface area contributed by atoms with Crippen molar-refractivity contribution in [2.45, 2.75) is 51.7 Å². The van der Waals surface area contributed by atoms with Crippen LogP contribution in [0.2, 0.25) is 0 Å². The summed E-state index contributed by atoms with van der Waals surface area (Å²) < 4.78 is 11.0. The molecule has 6 nitrogen and oxygen atoms in total. The fourth-order valence-corrected chi connectivity index (χ4v) is 2.62. The van der Waals surface area contributed by atoms with Crippen molar-refractivity contribution in [3.8, 4) is 17.3 Å². The Hall–Kier alpha value is -1.95. The topological polar surface area (TPSA) is 81.3 Å². The van der Waals surface area contributed by atoms with Crippen LogP contribution in [0.5, 0.6) is 5.88 Å². The molecule has 0 bridgehead atoms. The quantitative estimate of drug-likeness (QED) is 0.931. The summed E-state index contributed by atoms with van der Waals surface area (Å²) in [4.78, 5) is 8.58. The zero-order valence-corrected chi connectivity index (χ0v) is 12.1. The van der Waals surface area contributed by atoms with Crippen LogP contribution in [0, 0.1) is 6.92 Å². The first-order chi connectivity index (χ1) is 10.3. The minimum Gasteiger partial charge on any atom is -0.473 e. The van der Waals surface area contributed by atoms with Crippen molar-refractivity contribution >= 4 is 0 Å². The van der Waals surface area contributed by atoms with Gasteiger partial charge in [0.15, 0.2) is 5.76 Å². The Bertz CT molecular complexity index is 589. The van der Waals surface area contributed by atoms with Gasteiger partial charge in [-0.25, -0.2) is 9.97 Å². The standard InChI is InChI=1S/C15H19N3O3/c1-10-12(9-19)15(21-18-10)13-7-17-14(8-16-13)20-11-5-3-2-4-6-11/h7-8,11,19H,2-6,9H2,1H3. The maximum atomic E-state index is 9.35. The Morgan fingerprint density at radius 1 is 1.24 bits per heavy atom. The van der Waals surface area contributed by atoms with Crippen LogP contribution in [-0.4, -0.2) is 26.3 Å². The fourth-order valence-electron chi connectivity index (χ4n) is 2.62. The zero-order valence-electron chi connectivity index (χ0n) is 12.1. The summed E-state index contributed by atoms with van der Waals surface area (Å²) in [6.45, 7) is 1.65. The molecule has 2 aromatic rings. The van der Waals surface area contributed by atoms with E-state index in [0.29, 0.717) is 28.6 Å². The molecule has 1 N–H and O–H groups in total. The summed E-state index contributed by atoms with van der Waals surface area (Å²) >= 11 is 0. The Morgan fingerprint density at radius 2 is 2.05 bits per heavy atom. The molecule has 0 radical (unpaired) electrons. The van der Waals surface area contributed by atoms with E-state index in [2.05, 4.69) is 15.1 Å². The summed E-state index contributed by atoms with van der Waals surface area (Å²) in [7, 11) is 0. The van der Waals surface area contributed by atoms with E-state index in [1.165, 1.54) is 19.3 Å². The molecule has 1 aliphatic carbocycles. The van der Waals surface area contributed by atoms with Crippen molar-refractivity contribution in [1.82, 2.24) is 15.1 Å². The Balaban J connectivity index is 1.74. The van der Waals surface area contributed by atoms with Crippen LogP contribution in [0.3, 0.4) is 0 Å². The van der Waals surface area contributed by atoms with Gasteiger partial charge in [-0.15, -0.1) is 0 Å². The lowest BCUT2D eigenvalue weighted by Crippen LogP contribution is -2.20. The number of aliphatic hydroxyl groups excluding tert-OH is 1. The second-order valence-corrected chi connectivity index (χ2v) is 5.35. The lowest BCUT2D eigenvalue weighted by molar-refractivity contribution is 0.148. The van der Waals surface area contributed by atoms with Gasteiger partial charge in [0.25, 0.3) is 0 Å². The molecule has 0 unspecified atom stereocenters. The van der Waals surface area contributed by atoms with Gasteiger partial charge in [-0.05, 0) is 32.6 Å². The van der Waals surface area contributed by atoms with E-state index in [4.69, 9.17) is 9.26 Å². The molecule has 0 saturated heterocycles. The summed E-state index contributed by atoms with van der Waals surface area (Å²) in [5.41, 5.74) is 1.86. The molecule has 1 saturated carbocycles. The highest BCUT2D eigenvalue weighted by Gasteiger charge is 2.18. The zero-order chi connectivity index (χ0) is 14.7. The third kappa shape index (κ3) is 3.05. The van der Waals surface area contributed by atoms with E-state index in [0.717, 1.165) is 12.8 Å². The summed E-state index contributed by atoms with van der Waals surface area (Å²) in [6, 6.07) is 0. The van der Waals surface area contributed by atoms with Crippen molar-refractivity contribution in [2.75, 3.05) is 0 Å². The summed E-state index contributed by atoms with van der Waals surface area (Å²) in [5, 5.41) is 13.2. The average Bonchev–Trinajstić information content (AvgIpc) is 2.90. The third-order valence-corrected chi connectivity index (χ3v) is 3.84. The van der Waals surface area contributed by atoms with Crippen LogP contribution in [0.4, 0.5) is 0 Å². The molecule has 21 heavy (non-hydrogen) atoms. The highest BCUT2D eigenvalue weighted by atomic mass is 16.5. The number of aromatic nitrogens is 3. The Morgan fingerprint density at radius 3 is 2.71 bits per heavy atom. The van der Waals surface area contributed by atoms with E-state index in [1.807, 2.05) is 0 Å². The minimum absolute atomic E-state index is 0.132. The first-order valence-electron chi connectivity index (χ1n) is 7.33. The number of rotatable bonds is 4. The SMILES string of the molecule is Cc1noc(-c2cnc(OC3CCCCC3)cn2)c1CO. The van der Waals surface area contributed by atoms with Gasteiger partial charge in [-0.1, -0.05) is 11.6 Å². The number of aliphatic hydroxyl groups is 1. The van der Waals surface area contributed by atoms with Gasteiger partial charge in [0.05, 0.1) is 24.7 Å². The fraction of sp³-hybridized carbons (Fsp3) is 0.533. The van der Waals surface area contributed by atoms with Crippen LogP contribution in [0.15, 0.2) is 16.9 Å². The second kappa shape index (κ2) is 6.22. The second-order valence-electron chi connectivity index (χ2n) is 5.35. The number of hydrogen-bond acceptors (Lipinski definition) is 6. The molecular formula is C15H19N3O3. The minimum atomic E-state index is -0.132. The Labute approximate surface area is 123 Å². The van der Waals surface area contributed by atoms with Crippen molar-refractivity contribution in [1.29, 1.82) is 0 Å². The highest BCUT2D eigenvalue weighted by Crippen LogP contribution is 2.26. The van der Waals surface area contributed by atoms with Crippen LogP contribution in [0.25, 0.3) is 11.5 Å². The van der Waals surface area contributed by atoms with Gasteiger partial charge >= 0.3 is 0 Å². The normalized spacial score (nSPS) is 16.1. The van der Waals surface area contributed by atoms with Crippen LogP contribution in [0.1, 0.15) is 43.4 Å². The molecule has 0 aliphatic heterocycles. The first-order valence-corrected chi connectivity index (χ1v) is 7.33. The predicted octanol–water partition coefficient (Wildman–Crippen LogP) is 2.64. The first kappa shape index (κ1) is 14.0. The lowest BCUT2D eigenvalue weighted by atomic mass is 9.98. The number of aryl methyl sites for hydroxylation is 1. The van der Waals surface area contributed by atoms with Crippen LogP contribution in [-0.2, 0) is 6.61 Å². The largest absolute Gasteiger partial charge is 0.473 e. The molecule has 3 rings (SSSR count). The van der Waals surface area contributed by atoms with E-state index < -0.39 is 0 Å². The molecule has 0 aromatic carbocycles. The van der Waals surface area contributed by atoms with Crippen molar-refractivity contribution < 1.29 is 14.4 Å². The molecule has 2 aromatic heterocycles. The van der Waals surface area contributed by atoms with E-state index in [-0.39, 0.29) is 12.7 Å². The van der Waals surface area contributed by atoms with E-state index >= 15 is 0 Å². The number of hydrogen-bond donors (Lipinski definition) is 1. The van der Waals surface area contributed by atoms with Crippen molar-refractivity contribution in [2.24, 2.45) is 0 Å². The van der Waals surface area contributed by atoms with Gasteiger partial charge in [0.1, 0.15) is 11.8 Å². The average molecular weight is 289 g/mol. The molecule has 0 atom stereocenters. The maximum Gasteiger partial charge on any atom is 0.232 e. The maximum absolute atomic E-state index is 9.35. The highest BCUT2D eigenvalue weighted by molar-refractivity contribution is 5.56. The molecule has 1 fully saturated rings. The lowest BCUT2D eigenvalue weighted by Gasteiger charge is -2.22. The number of ether oxygens (including phenoxy) is 1. The van der Waals surface area contributed by atoms with Crippen molar-refractivity contribution in [3.05, 3.63) is 23.7 Å². The molecule has 112 valence electrons. The molecule has 0 amide bonds. The van der Waals surface area contributed by atoms with Gasteiger partial charge in [-0.2, -0.15) is 0 Å². The predicted molar refractivity (Wildman–Crippen MR) is 75.7 cm³/mol. The van der Waals surface area contributed by atoms with Crippen molar-refractivity contribution in [3.63, 3.8) is 0 Å².